The topological polar surface area (TPSA) is 88.4 Å². The van der Waals surface area contributed by atoms with E-state index in [4.69, 9.17) is 4.42 Å². The summed E-state index contributed by atoms with van der Waals surface area (Å²) in [7, 11) is -3.56. The average Bonchev–Trinajstić information content (AvgIpc) is 2.53. The molecule has 1 saturated heterocycles. The first-order valence-corrected chi connectivity index (χ1v) is 8.77. The van der Waals surface area contributed by atoms with Crippen LogP contribution in [0.3, 0.4) is 0 Å². The first kappa shape index (κ1) is 17.9. The predicted molar refractivity (Wildman–Crippen MR) is 90.5 cm³/mol. The molecule has 0 spiro atoms. The average molecular weight is 359 g/mol. The zero-order valence-electron chi connectivity index (χ0n) is 12.4. The summed E-state index contributed by atoms with van der Waals surface area (Å²) in [4.78, 5) is 11.3. The maximum absolute atomic E-state index is 12.4. The van der Waals surface area contributed by atoms with E-state index in [9.17, 15) is 13.2 Å². The van der Waals surface area contributed by atoms with E-state index in [2.05, 4.69) is 10.0 Å². The molecule has 1 aromatic heterocycles. The van der Waals surface area contributed by atoms with Gasteiger partial charge in [0, 0.05) is 18.0 Å². The van der Waals surface area contributed by atoms with E-state index in [0.29, 0.717) is 23.4 Å². The lowest BCUT2D eigenvalue weighted by Crippen LogP contribution is -2.38. The first-order valence-electron chi connectivity index (χ1n) is 7.29. The molecule has 1 fully saturated rings. The molecule has 0 saturated carbocycles. The van der Waals surface area contributed by atoms with Crippen LogP contribution in [0.15, 0.2) is 44.4 Å². The SMILES string of the molecule is Cl.O=c1ccc2cc(S(=O)(=O)NCC3CCCNC3)ccc2o1. The maximum atomic E-state index is 12.4. The van der Waals surface area contributed by atoms with Crippen molar-refractivity contribution in [3.05, 3.63) is 40.8 Å². The molecule has 1 aliphatic heterocycles. The van der Waals surface area contributed by atoms with Gasteiger partial charge in [-0.25, -0.2) is 17.9 Å². The van der Waals surface area contributed by atoms with Crippen molar-refractivity contribution in [2.24, 2.45) is 5.92 Å². The number of sulfonamides is 1. The summed E-state index contributed by atoms with van der Waals surface area (Å²) in [6.45, 7) is 2.27. The quantitative estimate of drug-likeness (QED) is 0.808. The van der Waals surface area contributed by atoms with Crippen LogP contribution < -0.4 is 15.7 Å². The Morgan fingerprint density at radius 3 is 2.83 bits per heavy atom. The summed E-state index contributed by atoms with van der Waals surface area (Å²) in [6.07, 6.45) is 2.10. The third-order valence-electron chi connectivity index (χ3n) is 3.86. The van der Waals surface area contributed by atoms with E-state index in [0.717, 1.165) is 25.9 Å². The van der Waals surface area contributed by atoms with E-state index in [-0.39, 0.29) is 17.3 Å². The molecule has 1 unspecified atom stereocenters. The molecule has 1 atom stereocenters. The van der Waals surface area contributed by atoms with Crippen molar-refractivity contribution in [2.75, 3.05) is 19.6 Å². The third-order valence-corrected chi connectivity index (χ3v) is 5.28. The second kappa shape index (κ2) is 7.44. The highest BCUT2D eigenvalue weighted by Crippen LogP contribution is 2.18. The molecule has 2 heterocycles. The number of benzene rings is 1. The molecule has 2 aromatic rings. The Hall–Kier alpha value is -1.41. The van der Waals surface area contributed by atoms with Crippen LogP contribution in [-0.4, -0.2) is 28.1 Å². The summed E-state index contributed by atoms with van der Waals surface area (Å²) in [5.41, 5.74) is -0.0750. The van der Waals surface area contributed by atoms with Crippen LogP contribution in [0.25, 0.3) is 11.0 Å². The maximum Gasteiger partial charge on any atom is 0.336 e. The number of hydrogen-bond donors (Lipinski definition) is 2. The zero-order valence-corrected chi connectivity index (χ0v) is 14.1. The van der Waals surface area contributed by atoms with Crippen LogP contribution in [0.4, 0.5) is 0 Å². The number of halogens is 1. The first-order chi connectivity index (χ1) is 10.5. The standard InChI is InChI=1S/C15H18N2O4S.ClH/c18-15-6-3-12-8-13(4-5-14(12)21-15)22(19,20)17-10-11-2-1-7-16-9-11;/h3-6,8,11,16-17H,1-2,7,9-10H2;1H. The molecule has 126 valence electrons. The zero-order chi connectivity index (χ0) is 15.6. The van der Waals surface area contributed by atoms with Gasteiger partial charge in [0.25, 0.3) is 0 Å². The molecular weight excluding hydrogens is 340 g/mol. The fourth-order valence-electron chi connectivity index (χ4n) is 2.63. The summed E-state index contributed by atoms with van der Waals surface area (Å²) >= 11 is 0. The fraction of sp³-hybridized carbons (Fsp3) is 0.400. The molecule has 1 aliphatic rings. The molecule has 0 amide bonds. The van der Waals surface area contributed by atoms with E-state index in [1.807, 2.05) is 0 Å². The van der Waals surface area contributed by atoms with Gasteiger partial charge >= 0.3 is 5.63 Å². The molecule has 6 nitrogen and oxygen atoms in total. The Kier molecular flexibility index (Phi) is 5.80. The van der Waals surface area contributed by atoms with Crippen molar-refractivity contribution in [3.8, 4) is 0 Å². The van der Waals surface area contributed by atoms with Crippen LogP contribution in [0.5, 0.6) is 0 Å². The van der Waals surface area contributed by atoms with Crippen molar-refractivity contribution in [1.29, 1.82) is 0 Å². The fourth-order valence-corrected chi connectivity index (χ4v) is 3.78. The Morgan fingerprint density at radius 1 is 1.26 bits per heavy atom. The normalized spacial score (nSPS) is 18.5. The Balaban J connectivity index is 0.00000192. The van der Waals surface area contributed by atoms with E-state index in [1.54, 1.807) is 6.07 Å². The molecule has 0 bridgehead atoms. The Morgan fingerprint density at radius 2 is 2.09 bits per heavy atom. The summed E-state index contributed by atoms with van der Waals surface area (Å²) in [5, 5.41) is 3.85. The lowest BCUT2D eigenvalue weighted by Gasteiger charge is -2.22. The van der Waals surface area contributed by atoms with Crippen molar-refractivity contribution >= 4 is 33.4 Å². The van der Waals surface area contributed by atoms with Crippen LogP contribution >= 0.6 is 12.4 Å². The Labute approximate surface area is 140 Å². The number of nitrogens with one attached hydrogen (secondary N) is 2. The second-order valence-corrected chi connectivity index (χ2v) is 7.29. The van der Waals surface area contributed by atoms with Gasteiger partial charge in [-0.1, -0.05) is 0 Å². The van der Waals surface area contributed by atoms with Gasteiger partial charge in [-0.15, -0.1) is 12.4 Å². The lowest BCUT2D eigenvalue weighted by atomic mass is 10.0. The predicted octanol–water partition coefficient (Wildman–Crippen LogP) is 1.49. The molecule has 23 heavy (non-hydrogen) atoms. The molecule has 1 aromatic carbocycles. The summed E-state index contributed by atoms with van der Waals surface area (Å²) in [5.74, 6) is 0.321. The van der Waals surface area contributed by atoms with Gasteiger partial charge in [-0.3, -0.25) is 0 Å². The van der Waals surface area contributed by atoms with E-state index >= 15 is 0 Å². The van der Waals surface area contributed by atoms with Gasteiger partial charge < -0.3 is 9.73 Å². The number of fused-ring (bicyclic) bond motifs is 1. The number of rotatable bonds is 4. The Bertz CT molecular complexity index is 829. The van der Waals surface area contributed by atoms with E-state index in [1.165, 1.54) is 24.3 Å². The van der Waals surface area contributed by atoms with Gasteiger partial charge in [0.1, 0.15) is 5.58 Å². The van der Waals surface area contributed by atoms with Gasteiger partial charge in [0.05, 0.1) is 4.90 Å². The largest absolute Gasteiger partial charge is 0.423 e. The number of piperidine rings is 1. The molecule has 0 radical (unpaired) electrons. The summed E-state index contributed by atoms with van der Waals surface area (Å²) in [6, 6.07) is 7.31. The van der Waals surface area contributed by atoms with Gasteiger partial charge in [0.2, 0.25) is 10.0 Å². The summed E-state index contributed by atoms with van der Waals surface area (Å²) < 4.78 is 32.4. The minimum Gasteiger partial charge on any atom is -0.423 e. The van der Waals surface area contributed by atoms with Gasteiger partial charge in [-0.05, 0) is 56.1 Å². The van der Waals surface area contributed by atoms with Crippen molar-refractivity contribution < 1.29 is 12.8 Å². The molecule has 8 heteroatoms. The molecule has 0 aliphatic carbocycles. The molecule has 3 rings (SSSR count). The smallest absolute Gasteiger partial charge is 0.336 e. The molecule has 2 N–H and O–H groups in total. The highest BCUT2D eigenvalue weighted by molar-refractivity contribution is 7.89. The highest BCUT2D eigenvalue weighted by Gasteiger charge is 2.19. The second-order valence-electron chi connectivity index (χ2n) is 5.52. The number of hydrogen-bond acceptors (Lipinski definition) is 5. The van der Waals surface area contributed by atoms with Gasteiger partial charge in [-0.2, -0.15) is 0 Å². The lowest BCUT2D eigenvalue weighted by molar-refractivity contribution is 0.376. The van der Waals surface area contributed by atoms with Gasteiger partial charge in [0.15, 0.2) is 0 Å². The van der Waals surface area contributed by atoms with E-state index < -0.39 is 15.6 Å². The third kappa shape index (κ3) is 4.32. The highest BCUT2D eigenvalue weighted by atomic mass is 35.5. The van der Waals surface area contributed by atoms with Crippen molar-refractivity contribution in [2.45, 2.75) is 17.7 Å². The van der Waals surface area contributed by atoms with Crippen molar-refractivity contribution in [1.82, 2.24) is 10.0 Å². The van der Waals surface area contributed by atoms with Crippen LogP contribution in [-0.2, 0) is 10.0 Å². The van der Waals surface area contributed by atoms with Crippen molar-refractivity contribution in [3.63, 3.8) is 0 Å². The minimum absolute atomic E-state index is 0. The monoisotopic (exact) mass is 358 g/mol. The van der Waals surface area contributed by atoms with Crippen LogP contribution in [0.2, 0.25) is 0 Å². The molecular formula is C15H19ClN2O4S. The minimum atomic E-state index is -3.56. The van der Waals surface area contributed by atoms with Crippen LogP contribution in [0, 0.1) is 5.92 Å². The van der Waals surface area contributed by atoms with Crippen LogP contribution in [0.1, 0.15) is 12.8 Å².